The van der Waals surface area contributed by atoms with Gasteiger partial charge in [-0.1, -0.05) is 6.92 Å². The molecule has 5 heteroatoms. The monoisotopic (exact) mass is 273 g/mol. The van der Waals surface area contributed by atoms with E-state index in [-0.39, 0.29) is 5.56 Å². The summed E-state index contributed by atoms with van der Waals surface area (Å²) in [5, 5.41) is 9.43. The first kappa shape index (κ1) is 12.4. The van der Waals surface area contributed by atoms with Crippen LogP contribution in [0, 0.1) is 17.2 Å². The summed E-state index contributed by atoms with van der Waals surface area (Å²) in [5.74, 6) is 0.696. The van der Waals surface area contributed by atoms with Gasteiger partial charge in [0.05, 0.1) is 24.2 Å². The van der Waals surface area contributed by atoms with E-state index in [0.717, 1.165) is 29.5 Å². The Kier molecular flexibility index (Phi) is 3.11. The number of hydrogen-bond donors (Lipinski definition) is 0. The Hall–Kier alpha value is -1.67. The summed E-state index contributed by atoms with van der Waals surface area (Å²) in [6.07, 6.45) is 5.11. The Morgan fingerprint density at radius 2 is 2.47 bits per heavy atom. The smallest absolute Gasteiger partial charge is 0.262 e. The van der Waals surface area contributed by atoms with E-state index in [1.807, 2.05) is 0 Å². The largest absolute Gasteiger partial charge is 0.298 e. The molecular weight excluding hydrogens is 258 g/mol. The van der Waals surface area contributed by atoms with Gasteiger partial charge >= 0.3 is 0 Å². The lowest BCUT2D eigenvalue weighted by Gasteiger charge is -2.17. The lowest BCUT2D eigenvalue weighted by Crippen LogP contribution is -2.21. The van der Waals surface area contributed by atoms with E-state index in [9.17, 15) is 4.79 Å². The van der Waals surface area contributed by atoms with Crippen molar-refractivity contribution in [2.75, 3.05) is 0 Å². The van der Waals surface area contributed by atoms with E-state index in [1.165, 1.54) is 10.4 Å². The number of aromatic nitrogens is 2. The second-order valence-corrected chi connectivity index (χ2v) is 6.27. The first-order valence-electron chi connectivity index (χ1n) is 6.57. The molecular formula is C14H15N3OS. The quantitative estimate of drug-likeness (QED) is 0.844. The molecule has 1 atom stereocenters. The fourth-order valence-corrected chi connectivity index (χ4v) is 4.04. The van der Waals surface area contributed by atoms with Crippen molar-refractivity contribution < 1.29 is 0 Å². The molecule has 2 heterocycles. The number of nitriles is 1. The second-order valence-electron chi connectivity index (χ2n) is 5.18. The maximum Gasteiger partial charge on any atom is 0.262 e. The van der Waals surface area contributed by atoms with E-state index in [2.05, 4.69) is 18.0 Å². The lowest BCUT2D eigenvalue weighted by molar-refractivity contribution is 0.509. The Morgan fingerprint density at radius 3 is 3.26 bits per heavy atom. The highest BCUT2D eigenvalue weighted by molar-refractivity contribution is 7.18. The van der Waals surface area contributed by atoms with Gasteiger partial charge < -0.3 is 0 Å². The molecule has 0 spiro atoms. The third kappa shape index (κ3) is 2.06. The van der Waals surface area contributed by atoms with Crippen LogP contribution in [0.1, 0.15) is 30.2 Å². The summed E-state index contributed by atoms with van der Waals surface area (Å²) >= 11 is 1.66. The zero-order valence-corrected chi connectivity index (χ0v) is 11.7. The predicted octanol–water partition coefficient (Wildman–Crippen LogP) is 2.50. The van der Waals surface area contributed by atoms with Crippen LogP contribution in [0.5, 0.6) is 0 Å². The van der Waals surface area contributed by atoms with Crippen LogP contribution in [-0.2, 0) is 19.4 Å². The van der Waals surface area contributed by atoms with Gasteiger partial charge in [0.15, 0.2) is 0 Å². The Morgan fingerprint density at radius 1 is 1.63 bits per heavy atom. The summed E-state index contributed by atoms with van der Waals surface area (Å²) < 4.78 is 1.57. The molecule has 0 aromatic carbocycles. The molecule has 0 saturated carbocycles. The Bertz CT molecular complexity index is 723. The van der Waals surface area contributed by atoms with Gasteiger partial charge in [-0.2, -0.15) is 5.26 Å². The molecule has 1 aliphatic carbocycles. The number of hydrogen-bond acceptors (Lipinski definition) is 4. The van der Waals surface area contributed by atoms with Crippen LogP contribution in [-0.4, -0.2) is 9.55 Å². The highest BCUT2D eigenvalue weighted by Crippen LogP contribution is 2.35. The van der Waals surface area contributed by atoms with Crippen LogP contribution in [0.25, 0.3) is 10.2 Å². The van der Waals surface area contributed by atoms with Gasteiger partial charge in [-0.05, 0) is 30.7 Å². The third-order valence-corrected chi connectivity index (χ3v) is 4.91. The minimum absolute atomic E-state index is 0.0207. The van der Waals surface area contributed by atoms with E-state index >= 15 is 0 Å². The second kappa shape index (κ2) is 4.78. The first-order chi connectivity index (χ1) is 9.20. The molecule has 0 N–H and O–H groups in total. The minimum Gasteiger partial charge on any atom is -0.298 e. The van der Waals surface area contributed by atoms with E-state index in [1.54, 1.807) is 22.2 Å². The van der Waals surface area contributed by atoms with E-state index in [4.69, 9.17) is 5.26 Å². The minimum atomic E-state index is 0.0207. The summed E-state index contributed by atoms with van der Waals surface area (Å²) in [7, 11) is 0. The number of fused-ring (bicyclic) bond motifs is 3. The molecule has 3 rings (SSSR count). The van der Waals surface area contributed by atoms with Crippen LogP contribution >= 0.6 is 11.3 Å². The van der Waals surface area contributed by atoms with Crippen molar-refractivity contribution >= 4 is 21.6 Å². The third-order valence-electron chi connectivity index (χ3n) is 3.75. The van der Waals surface area contributed by atoms with Gasteiger partial charge in [-0.15, -0.1) is 11.3 Å². The van der Waals surface area contributed by atoms with Crippen molar-refractivity contribution in [2.24, 2.45) is 5.92 Å². The SMILES string of the molecule is C[C@@H]1CCc2c(sc3ncn(CCC#N)c(=O)c23)C1. The molecule has 1 aliphatic rings. The topological polar surface area (TPSA) is 58.7 Å². The van der Waals surface area contributed by atoms with Gasteiger partial charge in [-0.3, -0.25) is 9.36 Å². The lowest BCUT2D eigenvalue weighted by atomic mass is 9.89. The van der Waals surface area contributed by atoms with Crippen molar-refractivity contribution in [1.82, 2.24) is 9.55 Å². The van der Waals surface area contributed by atoms with Crippen molar-refractivity contribution in [3.8, 4) is 6.07 Å². The van der Waals surface area contributed by atoms with Crippen molar-refractivity contribution in [1.29, 1.82) is 5.26 Å². The van der Waals surface area contributed by atoms with Gasteiger partial charge in [0.2, 0.25) is 0 Å². The number of thiophene rings is 1. The average Bonchev–Trinajstić information content (AvgIpc) is 2.76. The van der Waals surface area contributed by atoms with Crippen LogP contribution in [0.4, 0.5) is 0 Å². The normalized spacial score (nSPS) is 18.2. The molecule has 0 unspecified atom stereocenters. The van der Waals surface area contributed by atoms with Gasteiger partial charge in [0.1, 0.15) is 4.83 Å². The van der Waals surface area contributed by atoms with Gasteiger partial charge in [0.25, 0.3) is 5.56 Å². The van der Waals surface area contributed by atoms with Gasteiger partial charge in [-0.25, -0.2) is 4.98 Å². The molecule has 4 nitrogen and oxygen atoms in total. The molecule has 0 radical (unpaired) electrons. The first-order valence-corrected chi connectivity index (χ1v) is 7.39. The van der Waals surface area contributed by atoms with Crippen molar-refractivity contribution in [2.45, 2.75) is 39.2 Å². The summed E-state index contributed by atoms with van der Waals surface area (Å²) in [6, 6.07) is 2.07. The van der Waals surface area contributed by atoms with Crippen molar-refractivity contribution in [3.63, 3.8) is 0 Å². The molecule has 0 aliphatic heterocycles. The van der Waals surface area contributed by atoms with E-state index < -0.39 is 0 Å². The molecule has 19 heavy (non-hydrogen) atoms. The van der Waals surface area contributed by atoms with E-state index in [0.29, 0.717) is 18.9 Å². The number of aryl methyl sites for hydroxylation is 2. The molecule has 2 aromatic rings. The van der Waals surface area contributed by atoms with Crippen LogP contribution in [0.2, 0.25) is 0 Å². The fraction of sp³-hybridized carbons (Fsp3) is 0.500. The number of rotatable bonds is 2. The Balaban J connectivity index is 2.15. The van der Waals surface area contributed by atoms with Gasteiger partial charge in [0, 0.05) is 11.4 Å². The molecule has 98 valence electrons. The maximum absolute atomic E-state index is 12.5. The standard InChI is InChI=1S/C14H15N3OS/c1-9-3-4-10-11(7-9)19-13-12(10)14(18)17(8-16-13)6-2-5-15/h8-9H,2-4,6-7H2,1H3/t9-/m1/s1. The summed E-state index contributed by atoms with van der Waals surface area (Å²) in [4.78, 5) is 19.1. The average molecular weight is 273 g/mol. The van der Waals surface area contributed by atoms with Crippen LogP contribution in [0.15, 0.2) is 11.1 Å². The zero-order valence-electron chi connectivity index (χ0n) is 10.8. The number of nitrogens with zero attached hydrogens (tertiary/aromatic N) is 3. The Labute approximate surface area is 115 Å². The van der Waals surface area contributed by atoms with Crippen molar-refractivity contribution in [3.05, 3.63) is 27.1 Å². The molecule has 0 fully saturated rings. The molecule has 0 amide bonds. The highest BCUT2D eigenvalue weighted by atomic mass is 32.1. The molecule has 0 saturated heterocycles. The van der Waals surface area contributed by atoms with Crippen LogP contribution in [0.3, 0.4) is 0 Å². The zero-order chi connectivity index (χ0) is 13.4. The van der Waals surface area contributed by atoms with Crippen LogP contribution < -0.4 is 5.56 Å². The fourth-order valence-electron chi connectivity index (χ4n) is 2.70. The predicted molar refractivity (Wildman–Crippen MR) is 75.3 cm³/mol. The molecule has 2 aromatic heterocycles. The molecule has 0 bridgehead atoms. The summed E-state index contributed by atoms with van der Waals surface area (Å²) in [5.41, 5.74) is 1.23. The summed E-state index contributed by atoms with van der Waals surface area (Å²) in [6.45, 7) is 2.69. The highest BCUT2D eigenvalue weighted by Gasteiger charge is 2.22. The maximum atomic E-state index is 12.5.